The monoisotopic (exact) mass is 267 g/mol. The molecule has 0 aromatic carbocycles. The Labute approximate surface area is 113 Å². The van der Waals surface area contributed by atoms with Gasteiger partial charge in [-0.1, -0.05) is 0 Å². The van der Waals surface area contributed by atoms with E-state index in [2.05, 4.69) is 17.2 Å². The molecule has 0 saturated heterocycles. The lowest BCUT2D eigenvalue weighted by molar-refractivity contribution is 0.200. The van der Waals surface area contributed by atoms with Crippen molar-refractivity contribution in [2.45, 2.75) is 37.1 Å². The Bertz CT molecular complexity index is 407. The lowest BCUT2D eigenvalue weighted by atomic mass is 10.3. The van der Waals surface area contributed by atoms with E-state index in [-0.39, 0.29) is 0 Å². The Hall–Kier alpha value is -0.810. The molecule has 0 unspecified atom stereocenters. The van der Waals surface area contributed by atoms with Crippen molar-refractivity contribution >= 4 is 17.6 Å². The number of methoxy groups -OCH3 is 1. The third-order valence-electron chi connectivity index (χ3n) is 3.03. The number of nitrogens with zero attached hydrogens (tertiary/aromatic N) is 2. The van der Waals surface area contributed by atoms with E-state index in [0.717, 1.165) is 41.0 Å². The molecule has 0 spiro atoms. The first-order chi connectivity index (χ1) is 8.76. The SMILES string of the molecule is CNc1nc(C2CC2)nc(SCCCOC)c1C. The van der Waals surface area contributed by atoms with Gasteiger partial charge in [-0.25, -0.2) is 9.97 Å². The Balaban J connectivity index is 2.08. The van der Waals surface area contributed by atoms with Gasteiger partial charge in [0.15, 0.2) is 0 Å². The summed E-state index contributed by atoms with van der Waals surface area (Å²) >= 11 is 1.80. The van der Waals surface area contributed by atoms with Crippen molar-refractivity contribution in [2.24, 2.45) is 0 Å². The summed E-state index contributed by atoms with van der Waals surface area (Å²) in [5.41, 5.74) is 1.16. The molecule has 100 valence electrons. The van der Waals surface area contributed by atoms with E-state index in [0.29, 0.717) is 5.92 Å². The predicted molar refractivity (Wildman–Crippen MR) is 75.5 cm³/mol. The smallest absolute Gasteiger partial charge is 0.135 e. The van der Waals surface area contributed by atoms with Gasteiger partial charge < -0.3 is 10.1 Å². The molecule has 1 aliphatic carbocycles. The van der Waals surface area contributed by atoms with Gasteiger partial charge >= 0.3 is 0 Å². The van der Waals surface area contributed by atoms with Gasteiger partial charge in [-0.15, -0.1) is 11.8 Å². The molecular formula is C13H21N3OS. The Morgan fingerprint density at radius 1 is 1.39 bits per heavy atom. The van der Waals surface area contributed by atoms with Gasteiger partial charge in [-0.05, 0) is 26.2 Å². The van der Waals surface area contributed by atoms with Gasteiger partial charge in [0.05, 0.1) is 0 Å². The molecule has 0 aliphatic heterocycles. The molecule has 5 heteroatoms. The molecule has 0 amide bonds. The van der Waals surface area contributed by atoms with Gasteiger partial charge in [0.1, 0.15) is 16.7 Å². The predicted octanol–water partition coefficient (Wildman–Crippen LogP) is 2.83. The highest BCUT2D eigenvalue weighted by Crippen LogP contribution is 2.40. The average molecular weight is 267 g/mol. The summed E-state index contributed by atoms with van der Waals surface area (Å²) in [5, 5.41) is 4.29. The summed E-state index contributed by atoms with van der Waals surface area (Å²) in [5.74, 6) is 3.62. The molecule has 18 heavy (non-hydrogen) atoms. The quantitative estimate of drug-likeness (QED) is 0.467. The van der Waals surface area contributed by atoms with Gasteiger partial charge in [0.2, 0.25) is 0 Å². The van der Waals surface area contributed by atoms with Crippen molar-refractivity contribution in [3.63, 3.8) is 0 Å². The summed E-state index contributed by atoms with van der Waals surface area (Å²) in [7, 11) is 3.66. The van der Waals surface area contributed by atoms with Gasteiger partial charge in [-0.3, -0.25) is 0 Å². The van der Waals surface area contributed by atoms with Crippen molar-refractivity contribution in [3.05, 3.63) is 11.4 Å². The number of aromatic nitrogens is 2. The maximum absolute atomic E-state index is 5.07. The molecule has 1 N–H and O–H groups in total. The molecular weight excluding hydrogens is 246 g/mol. The van der Waals surface area contributed by atoms with Crippen LogP contribution in [0.15, 0.2) is 5.03 Å². The van der Waals surface area contributed by atoms with Gasteiger partial charge in [0.25, 0.3) is 0 Å². The number of ether oxygens (including phenoxy) is 1. The molecule has 1 heterocycles. The zero-order valence-electron chi connectivity index (χ0n) is 11.3. The van der Waals surface area contributed by atoms with Crippen LogP contribution in [-0.4, -0.2) is 36.5 Å². The van der Waals surface area contributed by atoms with Crippen LogP contribution in [0.25, 0.3) is 0 Å². The van der Waals surface area contributed by atoms with E-state index >= 15 is 0 Å². The minimum atomic E-state index is 0.594. The molecule has 0 radical (unpaired) electrons. The van der Waals surface area contributed by atoms with Crippen molar-refractivity contribution in [1.29, 1.82) is 0 Å². The van der Waals surface area contributed by atoms with Crippen LogP contribution in [0.4, 0.5) is 5.82 Å². The first-order valence-electron chi connectivity index (χ1n) is 6.44. The highest BCUT2D eigenvalue weighted by molar-refractivity contribution is 7.99. The second-order valence-electron chi connectivity index (χ2n) is 4.58. The first-order valence-corrected chi connectivity index (χ1v) is 7.42. The molecule has 1 aromatic rings. The fraction of sp³-hybridized carbons (Fsp3) is 0.692. The molecule has 1 fully saturated rings. The van der Waals surface area contributed by atoms with Gasteiger partial charge in [-0.2, -0.15) is 0 Å². The van der Waals surface area contributed by atoms with E-state index in [4.69, 9.17) is 9.72 Å². The number of thioether (sulfide) groups is 1. The minimum Gasteiger partial charge on any atom is -0.385 e. The largest absolute Gasteiger partial charge is 0.385 e. The van der Waals surface area contributed by atoms with E-state index in [1.54, 1.807) is 18.9 Å². The highest BCUT2D eigenvalue weighted by atomic mass is 32.2. The summed E-state index contributed by atoms with van der Waals surface area (Å²) in [6, 6.07) is 0. The lowest BCUT2D eigenvalue weighted by Gasteiger charge is -2.11. The first kappa shape index (κ1) is 13.6. The summed E-state index contributed by atoms with van der Waals surface area (Å²) in [6.45, 7) is 2.90. The maximum atomic E-state index is 5.07. The Morgan fingerprint density at radius 3 is 2.78 bits per heavy atom. The molecule has 0 bridgehead atoms. The molecule has 0 atom stereocenters. The molecule has 1 aliphatic rings. The van der Waals surface area contributed by atoms with Crippen LogP contribution in [0.2, 0.25) is 0 Å². The van der Waals surface area contributed by atoms with Gasteiger partial charge in [0, 0.05) is 38.0 Å². The topological polar surface area (TPSA) is 47.0 Å². The third-order valence-corrected chi connectivity index (χ3v) is 4.19. The molecule has 1 saturated carbocycles. The summed E-state index contributed by atoms with van der Waals surface area (Å²) in [4.78, 5) is 9.31. The van der Waals surface area contributed by atoms with Crippen LogP contribution in [0.1, 0.15) is 36.6 Å². The van der Waals surface area contributed by atoms with Crippen LogP contribution in [-0.2, 0) is 4.74 Å². The van der Waals surface area contributed by atoms with Crippen molar-refractivity contribution < 1.29 is 4.74 Å². The van der Waals surface area contributed by atoms with Crippen molar-refractivity contribution in [2.75, 3.05) is 31.8 Å². The standard InChI is InChI=1S/C13H21N3OS/c1-9-11(14-2)15-12(10-5-6-10)16-13(9)18-8-4-7-17-3/h10H,4-8H2,1-3H3,(H,14,15,16). The van der Waals surface area contributed by atoms with Crippen LogP contribution in [0.3, 0.4) is 0 Å². The zero-order chi connectivity index (χ0) is 13.0. The summed E-state index contributed by atoms with van der Waals surface area (Å²) in [6.07, 6.45) is 3.53. The van der Waals surface area contributed by atoms with Crippen LogP contribution in [0, 0.1) is 6.92 Å². The Morgan fingerprint density at radius 2 is 2.17 bits per heavy atom. The maximum Gasteiger partial charge on any atom is 0.135 e. The van der Waals surface area contributed by atoms with E-state index < -0.39 is 0 Å². The number of rotatable bonds is 7. The number of anilines is 1. The van der Waals surface area contributed by atoms with Crippen LogP contribution >= 0.6 is 11.8 Å². The number of hydrogen-bond acceptors (Lipinski definition) is 5. The lowest BCUT2D eigenvalue weighted by Crippen LogP contribution is -2.04. The normalized spacial score (nSPS) is 14.8. The van der Waals surface area contributed by atoms with E-state index in [1.165, 1.54) is 12.8 Å². The number of nitrogens with one attached hydrogen (secondary N) is 1. The third kappa shape index (κ3) is 3.36. The highest BCUT2D eigenvalue weighted by Gasteiger charge is 2.28. The van der Waals surface area contributed by atoms with Crippen molar-refractivity contribution in [3.8, 4) is 0 Å². The Kier molecular flexibility index (Phi) is 4.83. The second kappa shape index (κ2) is 6.38. The van der Waals surface area contributed by atoms with Crippen LogP contribution in [0.5, 0.6) is 0 Å². The van der Waals surface area contributed by atoms with E-state index in [9.17, 15) is 0 Å². The van der Waals surface area contributed by atoms with Crippen molar-refractivity contribution in [1.82, 2.24) is 9.97 Å². The number of hydrogen-bond donors (Lipinski definition) is 1. The van der Waals surface area contributed by atoms with E-state index in [1.807, 2.05) is 7.05 Å². The average Bonchev–Trinajstić information content (AvgIpc) is 3.20. The minimum absolute atomic E-state index is 0.594. The fourth-order valence-electron chi connectivity index (χ4n) is 1.79. The molecule has 1 aromatic heterocycles. The molecule has 2 rings (SSSR count). The zero-order valence-corrected chi connectivity index (χ0v) is 12.1. The fourth-order valence-corrected chi connectivity index (χ4v) is 2.72. The second-order valence-corrected chi connectivity index (χ2v) is 5.66. The molecule has 4 nitrogen and oxygen atoms in total. The summed E-state index contributed by atoms with van der Waals surface area (Å²) < 4.78 is 5.07. The van der Waals surface area contributed by atoms with Crippen LogP contribution < -0.4 is 5.32 Å².